The van der Waals surface area contributed by atoms with Crippen molar-refractivity contribution in [1.29, 1.82) is 0 Å². The first-order chi connectivity index (χ1) is 12.8. The van der Waals surface area contributed by atoms with E-state index in [1.807, 2.05) is 0 Å². The Kier molecular flexibility index (Phi) is 4.91. The minimum Gasteiger partial charge on any atom is -0.507 e. The molecule has 1 aromatic heterocycles. The zero-order valence-corrected chi connectivity index (χ0v) is 14.7. The molecule has 1 amide bonds. The smallest absolute Gasteiger partial charge is 0.339 e. The highest BCUT2D eigenvalue weighted by molar-refractivity contribution is 7.15. The maximum absolute atomic E-state index is 14.3. The van der Waals surface area contributed by atoms with Gasteiger partial charge in [-0.15, -0.1) is 11.3 Å². The van der Waals surface area contributed by atoms with E-state index in [-0.39, 0.29) is 27.3 Å². The largest absolute Gasteiger partial charge is 0.507 e. The van der Waals surface area contributed by atoms with Gasteiger partial charge >= 0.3 is 5.97 Å². The molecule has 5 nitrogen and oxygen atoms in total. The van der Waals surface area contributed by atoms with Gasteiger partial charge in [0.1, 0.15) is 27.9 Å². The van der Waals surface area contributed by atoms with Crippen molar-refractivity contribution in [3.63, 3.8) is 0 Å². The topological polar surface area (TPSA) is 86.6 Å². The lowest BCUT2D eigenvalue weighted by Crippen LogP contribution is -2.14. The molecule has 1 heterocycles. The molecule has 0 aliphatic heterocycles. The number of halogens is 2. The van der Waals surface area contributed by atoms with Gasteiger partial charge in [0, 0.05) is 16.5 Å². The fraction of sp³-hybridized carbons (Fsp3) is 0.0526. The molecule has 0 aliphatic carbocycles. The minimum atomic E-state index is -1.36. The van der Waals surface area contributed by atoms with E-state index >= 15 is 0 Å². The summed E-state index contributed by atoms with van der Waals surface area (Å²) in [5, 5.41) is 23.0. The molecule has 0 unspecified atom stereocenters. The number of amides is 1. The monoisotopic (exact) mass is 389 g/mol. The number of phenolic OH excluding ortho intramolecular Hbond substituents is 1. The number of phenols is 1. The fourth-order valence-electron chi connectivity index (χ4n) is 2.56. The molecule has 3 aromatic rings. The zero-order valence-electron chi connectivity index (χ0n) is 13.9. The number of carboxylic acids is 1. The maximum Gasteiger partial charge on any atom is 0.339 e. The quantitative estimate of drug-likeness (QED) is 0.606. The van der Waals surface area contributed by atoms with Crippen LogP contribution in [-0.2, 0) is 0 Å². The van der Waals surface area contributed by atoms with E-state index in [4.69, 9.17) is 0 Å². The third-order valence-electron chi connectivity index (χ3n) is 3.85. The van der Waals surface area contributed by atoms with Gasteiger partial charge in [0.25, 0.3) is 5.91 Å². The number of carbonyl (C=O) groups excluding carboxylic acids is 1. The molecule has 3 rings (SSSR count). The van der Waals surface area contributed by atoms with Gasteiger partial charge in [-0.2, -0.15) is 0 Å². The summed E-state index contributed by atoms with van der Waals surface area (Å²) in [5.74, 6) is -4.01. The van der Waals surface area contributed by atoms with Crippen LogP contribution in [0.15, 0.2) is 41.8 Å². The molecule has 27 heavy (non-hydrogen) atoms. The van der Waals surface area contributed by atoms with E-state index in [0.717, 1.165) is 29.5 Å². The average Bonchev–Trinajstić information content (AvgIpc) is 3.00. The van der Waals surface area contributed by atoms with Crippen LogP contribution in [-0.4, -0.2) is 22.1 Å². The number of thiophene rings is 1. The lowest BCUT2D eigenvalue weighted by molar-refractivity contribution is 0.0699. The number of nitrogens with one attached hydrogen (secondary N) is 1. The van der Waals surface area contributed by atoms with Crippen molar-refractivity contribution in [3.8, 4) is 16.9 Å². The van der Waals surface area contributed by atoms with Crippen LogP contribution in [0, 0.1) is 18.6 Å². The Balaban J connectivity index is 2.02. The first kappa shape index (κ1) is 18.5. The second kappa shape index (κ2) is 7.16. The van der Waals surface area contributed by atoms with Gasteiger partial charge in [0.2, 0.25) is 0 Å². The molecule has 138 valence electrons. The Morgan fingerprint density at radius 2 is 1.81 bits per heavy atom. The number of carboxylic acid groups (broad SMARTS) is 1. The Labute approximate surface area is 156 Å². The summed E-state index contributed by atoms with van der Waals surface area (Å²) in [5.41, 5.74) is 0.250. The molecule has 0 spiro atoms. The Bertz CT molecular complexity index is 1060. The van der Waals surface area contributed by atoms with E-state index in [1.165, 1.54) is 17.5 Å². The third-order valence-corrected chi connectivity index (χ3v) is 4.75. The van der Waals surface area contributed by atoms with Crippen molar-refractivity contribution in [2.75, 3.05) is 5.32 Å². The number of hydrogen-bond donors (Lipinski definition) is 3. The van der Waals surface area contributed by atoms with Gasteiger partial charge in [-0.3, -0.25) is 4.79 Å². The first-order valence-corrected chi connectivity index (χ1v) is 8.57. The van der Waals surface area contributed by atoms with Crippen molar-refractivity contribution in [2.24, 2.45) is 0 Å². The predicted octanol–water partition coefficient (Wildman–Crippen LogP) is 4.66. The molecular formula is C19H13F2NO4S. The van der Waals surface area contributed by atoms with E-state index in [9.17, 15) is 28.6 Å². The van der Waals surface area contributed by atoms with Crippen molar-refractivity contribution < 1.29 is 28.6 Å². The van der Waals surface area contributed by atoms with Gasteiger partial charge in [0.05, 0.1) is 5.56 Å². The van der Waals surface area contributed by atoms with Crippen LogP contribution in [0.5, 0.6) is 5.75 Å². The molecule has 2 aromatic carbocycles. The summed E-state index contributed by atoms with van der Waals surface area (Å²) in [7, 11) is 0. The van der Waals surface area contributed by atoms with E-state index in [0.29, 0.717) is 5.56 Å². The Morgan fingerprint density at radius 3 is 2.48 bits per heavy atom. The molecule has 0 bridgehead atoms. The normalized spacial score (nSPS) is 10.6. The average molecular weight is 389 g/mol. The Hall–Kier alpha value is -3.26. The minimum absolute atomic E-state index is 0.0499. The molecule has 0 radical (unpaired) electrons. The van der Waals surface area contributed by atoms with Crippen LogP contribution < -0.4 is 5.32 Å². The molecule has 3 N–H and O–H groups in total. The van der Waals surface area contributed by atoms with Crippen LogP contribution in [0.3, 0.4) is 0 Å². The zero-order chi connectivity index (χ0) is 19.7. The second-order valence-corrected chi connectivity index (χ2v) is 6.64. The number of aromatic hydroxyl groups is 1. The number of benzene rings is 2. The summed E-state index contributed by atoms with van der Waals surface area (Å²) < 4.78 is 27.6. The third kappa shape index (κ3) is 3.65. The van der Waals surface area contributed by atoms with Gasteiger partial charge in [-0.25, -0.2) is 13.6 Å². The highest BCUT2D eigenvalue weighted by atomic mass is 32.1. The standard InChI is InChI=1S/C19H13F2NO4S/c1-9-2-4-11(14(21)6-9)13-8-27-18(16(13)19(25)26)22-17(24)12-7-10(20)3-5-15(12)23/h2-8,23H,1H3,(H,22,24)(H,25,26). The van der Waals surface area contributed by atoms with Crippen molar-refractivity contribution >= 4 is 28.2 Å². The number of rotatable bonds is 4. The van der Waals surface area contributed by atoms with Crippen LogP contribution in [0.25, 0.3) is 11.1 Å². The summed E-state index contributed by atoms with van der Waals surface area (Å²) >= 11 is 0.890. The molecule has 0 aliphatic rings. The number of aromatic carboxylic acids is 1. The van der Waals surface area contributed by atoms with Gasteiger partial charge < -0.3 is 15.5 Å². The van der Waals surface area contributed by atoms with Crippen LogP contribution in [0.4, 0.5) is 13.8 Å². The molecule has 8 heteroatoms. The highest BCUT2D eigenvalue weighted by Gasteiger charge is 2.24. The molecular weight excluding hydrogens is 376 g/mol. The molecule has 0 atom stereocenters. The number of carbonyl (C=O) groups is 2. The molecule has 0 fully saturated rings. The van der Waals surface area contributed by atoms with E-state index in [1.54, 1.807) is 13.0 Å². The lowest BCUT2D eigenvalue weighted by Gasteiger charge is -2.08. The van der Waals surface area contributed by atoms with Crippen molar-refractivity contribution in [2.45, 2.75) is 6.92 Å². The van der Waals surface area contributed by atoms with Gasteiger partial charge in [-0.1, -0.05) is 12.1 Å². The predicted molar refractivity (Wildman–Crippen MR) is 97.4 cm³/mol. The van der Waals surface area contributed by atoms with E-state index in [2.05, 4.69) is 5.32 Å². The number of anilines is 1. The van der Waals surface area contributed by atoms with Crippen LogP contribution in [0.1, 0.15) is 26.3 Å². The fourth-order valence-corrected chi connectivity index (χ4v) is 3.51. The van der Waals surface area contributed by atoms with Crippen molar-refractivity contribution in [3.05, 3.63) is 70.1 Å². The number of hydrogen-bond acceptors (Lipinski definition) is 4. The number of aryl methyl sites for hydroxylation is 1. The van der Waals surface area contributed by atoms with Crippen molar-refractivity contribution in [1.82, 2.24) is 0 Å². The lowest BCUT2D eigenvalue weighted by atomic mass is 10.0. The van der Waals surface area contributed by atoms with Crippen LogP contribution >= 0.6 is 11.3 Å². The second-order valence-electron chi connectivity index (χ2n) is 5.76. The summed E-state index contributed by atoms with van der Waals surface area (Å²) in [6.45, 7) is 1.70. The van der Waals surface area contributed by atoms with Crippen LogP contribution in [0.2, 0.25) is 0 Å². The van der Waals surface area contributed by atoms with E-state index < -0.39 is 29.3 Å². The van der Waals surface area contributed by atoms with Gasteiger partial charge in [-0.05, 0) is 36.8 Å². The van der Waals surface area contributed by atoms with Gasteiger partial charge in [0.15, 0.2) is 0 Å². The first-order valence-electron chi connectivity index (χ1n) is 7.69. The highest BCUT2D eigenvalue weighted by Crippen LogP contribution is 2.37. The maximum atomic E-state index is 14.3. The summed E-state index contributed by atoms with van der Waals surface area (Å²) in [6, 6.07) is 7.22. The Morgan fingerprint density at radius 1 is 1.07 bits per heavy atom. The molecule has 0 saturated heterocycles. The molecule has 0 saturated carbocycles. The summed E-state index contributed by atoms with van der Waals surface area (Å²) in [4.78, 5) is 24.0. The SMILES string of the molecule is Cc1ccc(-c2csc(NC(=O)c3cc(F)ccc3O)c2C(=O)O)c(F)c1. The summed E-state index contributed by atoms with van der Waals surface area (Å²) in [6.07, 6.45) is 0.